The first-order valence-corrected chi connectivity index (χ1v) is 10.1. The number of anilines is 2. The van der Waals surface area contributed by atoms with Crippen LogP contribution in [0.2, 0.25) is 5.02 Å². The number of ether oxygens (including phenoxy) is 1. The highest BCUT2D eigenvalue weighted by molar-refractivity contribution is 7.80. The van der Waals surface area contributed by atoms with Crippen LogP contribution in [-0.4, -0.2) is 25.3 Å². The lowest BCUT2D eigenvalue weighted by molar-refractivity contribution is 0.415. The molecule has 1 atom stereocenters. The van der Waals surface area contributed by atoms with E-state index in [-0.39, 0.29) is 0 Å². The third-order valence-electron chi connectivity index (χ3n) is 4.82. The molecule has 2 N–H and O–H groups in total. The Kier molecular flexibility index (Phi) is 6.80. The Labute approximate surface area is 171 Å². The lowest BCUT2D eigenvalue weighted by Crippen LogP contribution is -2.34. The van der Waals surface area contributed by atoms with E-state index in [1.165, 1.54) is 24.1 Å². The topological polar surface area (TPSA) is 36.5 Å². The van der Waals surface area contributed by atoms with E-state index in [1.54, 1.807) is 13.2 Å². The van der Waals surface area contributed by atoms with Crippen molar-refractivity contribution in [2.24, 2.45) is 5.92 Å². The zero-order chi connectivity index (χ0) is 19.2. The van der Waals surface area contributed by atoms with Crippen LogP contribution in [0.3, 0.4) is 0 Å². The minimum absolute atomic E-state index is 0.549. The van der Waals surface area contributed by atoms with Crippen molar-refractivity contribution < 1.29 is 4.74 Å². The van der Waals surface area contributed by atoms with Crippen molar-refractivity contribution in [3.63, 3.8) is 0 Å². The SMILES string of the molecule is COc1ccc(NC(=S)NCc2ccc(N3CCC[C@@H](C)C3)cc2)cc1Cl. The highest BCUT2D eigenvalue weighted by Crippen LogP contribution is 2.27. The summed E-state index contributed by atoms with van der Waals surface area (Å²) in [5.74, 6) is 1.42. The van der Waals surface area contributed by atoms with Crippen LogP contribution in [-0.2, 0) is 6.54 Å². The minimum Gasteiger partial charge on any atom is -0.495 e. The molecule has 144 valence electrons. The number of rotatable bonds is 5. The van der Waals surface area contributed by atoms with Crippen LogP contribution >= 0.6 is 23.8 Å². The molecule has 1 heterocycles. The van der Waals surface area contributed by atoms with E-state index < -0.39 is 0 Å². The number of nitrogens with zero attached hydrogens (tertiary/aromatic N) is 1. The first-order chi connectivity index (χ1) is 13.0. The van der Waals surface area contributed by atoms with E-state index >= 15 is 0 Å². The van der Waals surface area contributed by atoms with Gasteiger partial charge >= 0.3 is 0 Å². The molecule has 4 nitrogen and oxygen atoms in total. The molecular formula is C21H26ClN3OS. The highest BCUT2D eigenvalue weighted by Gasteiger charge is 2.16. The van der Waals surface area contributed by atoms with E-state index in [9.17, 15) is 0 Å². The lowest BCUT2D eigenvalue weighted by Gasteiger charge is -2.32. The molecule has 0 amide bonds. The summed E-state index contributed by atoms with van der Waals surface area (Å²) < 4.78 is 5.16. The van der Waals surface area contributed by atoms with Crippen LogP contribution < -0.4 is 20.3 Å². The largest absolute Gasteiger partial charge is 0.495 e. The van der Waals surface area contributed by atoms with Gasteiger partial charge in [0.05, 0.1) is 12.1 Å². The van der Waals surface area contributed by atoms with Gasteiger partial charge in [-0.1, -0.05) is 30.7 Å². The maximum Gasteiger partial charge on any atom is 0.171 e. The standard InChI is InChI=1S/C21H26ClN3OS/c1-15-4-3-11-25(14-15)18-8-5-16(6-9-18)13-23-21(27)24-17-7-10-20(26-2)19(22)12-17/h5-10,12,15H,3-4,11,13-14H2,1-2H3,(H2,23,24,27)/t15-/m1/s1. The number of methoxy groups -OCH3 is 1. The molecule has 0 radical (unpaired) electrons. The van der Waals surface area contributed by atoms with Gasteiger partial charge in [0, 0.05) is 31.0 Å². The van der Waals surface area contributed by atoms with Gasteiger partial charge in [0.1, 0.15) is 5.75 Å². The van der Waals surface area contributed by atoms with Crippen LogP contribution in [0.15, 0.2) is 42.5 Å². The molecular weight excluding hydrogens is 378 g/mol. The normalized spacial score (nSPS) is 16.7. The van der Waals surface area contributed by atoms with E-state index in [1.807, 2.05) is 12.1 Å². The highest BCUT2D eigenvalue weighted by atomic mass is 35.5. The number of thiocarbonyl (C=S) groups is 1. The Morgan fingerprint density at radius 3 is 2.70 bits per heavy atom. The molecule has 0 saturated carbocycles. The number of benzene rings is 2. The third-order valence-corrected chi connectivity index (χ3v) is 5.36. The predicted octanol–water partition coefficient (Wildman–Crippen LogP) is 5.07. The molecule has 3 rings (SSSR count). The van der Waals surface area contributed by atoms with E-state index in [2.05, 4.69) is 46.7 Å². The Bertz CT molecular complexity index is 781. The first-order valence-electron chi connectivity index (χ1n) is 9.27. The summed E-state index contributed by atoms with van der Waals surface area (Å²) >= 11 is 11.5. The summed E-state index contributed by atoms with van der Waals surface area (Å²) in [6.07, 6.45) is 2.61. The molecule has 1 aliphatic rings. The molecule has 1 saturated heterocycles. The van der Waals surface area contributed by atoms with Gasteiger partial charge in [0.15, 0.2) is 5.11 Å². The molecule has 1 fully saturated rings. The summed E-state index contributed by atoms with van der Waals surface area (Å²) in [5, 5.41) is 7.49. The van der Waals surface area contributed by atoms with Crippen LogP contribution in [0.25, 0.3) is 0 Å². The zero-order valence-electron chi connectivity index (χ0n) is 15.8. The van der Waals surface area contributed by atoms with Crippen LogP contribution in [0.1, 0.15) is 25.3 Å². The smallest absolute Gasteiger partial charge is 0.171 e. The predicted molar refractivity (Wildman–Crippen MR) is 118 cm³/mol. The fraction of sp³-hybridized carbons (Fsp3) is 0.381. The van der Waals surface area contributed by atoms with Gasteiger partial charge in [0.25, 0.3) is 0 Å². The van der Waals surface area contributed by atoms with Crippen molar-refractivity contribution in [3.05, 3.63) is 53.1 Å². The molecule has 2 aromatic rings. The van der Waals surface area contributed by atoms with Gasteiger partial charge in [0.2, 0.25) is 0 Å². The third kappa shape index (κ3) is 5.50. The Morgan fingerprint density at radius 2 is 2.04 bits per heavy atom. The zero-order valence-corrected chi connectivity index (χ0v) is 17.4. The van der Waals surface area contributed by atoms with Crippen LogP contribution in [0.5, 0.6) is 5.75 Å². The average molecular weight is 404 g/mol. The quantitative estimate of drug-likeness (QED) is 0.681. The number of piperidine rings is 1. The van der Waals surface area contributed by atoms with Gasteiger partial charge in [-0.15, -0.1) is 0 Å². The van der Waals surface area contributed by atoms with Gasteiger partial charge < -0.3 is 20.3 Å². The van der Waals surface area contributed by atoms with Gasteiger partial charge in [-0.25, -0.2) is 0 Å². The number of hydrogen-bond donors (Lipinski definition) is 2. The second kappa shape index (κ2) is 9.29. The van der Waals surface area contributed by atoms with Crippen molar-refractivity contribution in [2.75, 3.05) is 30.4 Å². The van der Waals surface area contributed by atoms with Crippen molar-refractivity contribution in [3.8, 4) is 5.75 Å². The maximum atomic E-state index is 6.14. The van der Waals surface area contributed by atoms with E-state index in [0.29, 0.717) is 22.4 Å². The molecule has 0 aliphatic carbocycles. The van der Waals surface area contributed by atoms with Crippen LogP contribution in [0.4, 0.5) is 11.4 Å². The van der Waals surface area contributed by atoms with Crippen molar-refractivity contribution in [1.82, 2.24) is 5.32 Å². The minimum atomic E-state index is 0.549. The van der Waals surface area contributed by atoms with Crippen molar-refractivity contribution in [2.45, 2.75) is 26.3 Å². The van der Waals surface area contributed by atoms with Crippen molar-refractivity contribution >= 4 is 40.3 Å². The van der Waals surface area contributed by atoms with E-state index in [0.717, 1.165) is 24.7 Å². The fourth-order valence-corrected chi connectivity index (χ4v) is 3.80. The Hall–Kier alpha value is -1.98. The first kappa shape index (κ1) is 19.8. The monoisotopic (exact) mass is 403 g/mol. The number of hydrogen-bond acceptors (Lipinski definition) is 3. The van der Waals surface area contributed by atoms with Gasteiger partial charge in [-0.05, 0) is 66.9 Å². The fourth-order valence-electron chi connectivity index (χ4n) is 3.35. The van der Waals surface area contributed by atoms with E-state index in [4.69, 9.17) is 28.6 Å². The van der Waals surface area contributed by atoms with Crippen LogP contribution in [0, 0.1) is 5.92 Å². The molecule has 0 aromatic heterocycles. The number of halogens is 1. The molecule has 6 heteroatoms. The molecule has 0 bridgehead atoms. The summed E-state index contributed by atoms with van der Waals surface area (Å²) in [7, 11) is 1.59. The summed E-state index contributed by atoms with van der Waals surface area (Å²) in [5.41, 5.74) is 3.33. The Balaban J connectivity index is 1.50. The van der Waals surface area contributed by atoms with Gasteiger partial charge in [-0.2, -0.15) is 0 Å². The summed E-state index contributed by atoms with van der Waals surface area (Å²) in [4.78, 5) is 2.48. The average Bonchev–Trinajstić information content (AvgIpc) is 2.67. The Morgan fingerprint density at radius 1 is 1.26 bits per heavy atom. The second-order valence-corrected chi connectivity index (χ2v) is 7.83. The molecule has 27 heavy (non-hydrogen) atoms. The summed E-state index contributed by atoms with van der Waals surface area (Å²) in [6, 6.07) is 14.2. The van der Waals surface area contributed by atoms with Gasteiger partial charge in [-0.3, -0.25) is 0 Å². The second-order valence-electron chi connectivity index (χ2n) is 7.02. The number of nitrogens with one attached hydrogen (secondary N) is 2. The van der Waals surface area contributed by atoms with Crippen molar-refractivity contribution in [1.29, 1.82) is 0 Å². The molecule has 0 spiro atoms. The summed E-state index contributed by atoms with van der Waals surface area (Å²) in [6.45, 7) is 5.30. The molecule has 2 aromatic carbocycles. The maximum absolute atomic E-state index is 6.14. The molecule has 0 unspecified atom stereocenters. The lowest BCUT2D eigenvalue weighted by atomic mass is 9.99. The molecule has 1 aliphatic heterocycles.